The number of benzene rings is 1. The van der Waals surface area contributed by atoms with Gasteiger partial charge in [-0.25, -0.2) is 9.78 Å². The predicted octanol–water partition coefficient (Wildman–Crippen LogP) is 4.37. The maximum atomic E-state index is 12.0. The van der Waals surface area contributed by atoms with Gasteiger partial charge in [0.1, 0.15) is 17.6 Å². The van der Waals surface area contributed by atoms with Crippen molar-refractivity contribution in [3.63, 3.8) is 0 Å². The van der Waals surface area contributed by atoms with Crippen LogP contribution in [0.15, 0.2) is 55.0 Å². The molecule has 0 amide bonds. The first-order valence-corrected chi connectivity index (χ1v) is 9.04. The molecule has 0 atom stereocenters. The van der Waals surface area contributed by atoms with Crippen LogP contribution in [0.2, 0.25) is 0 Å². The number of nitrogens with zero attached hydrogens (tertiary/aromatic N) is 3. The molecule has 0 spiro atoms. The first-order valence-electron chi connectivity index (χ1n) is 9.04. The van der Waals surface area contributed by atoms with Gasteiger partial charge in [-0.15, -0.1) is 0 Å². The van der Waals surface area contributed by atoms with Gasteiger partial charge in [0.15, 0.2) is 0 Å². The summed E-state index contributed by atoms with van der Waals surface area (Å²) in [5.74, 6) is 0.910. The normalized spacial score (nSPS) is 10.5. The zero-order valence-corrected chi connectivity index (χ0v) is 16.0. The van der Waals surface area contributed by atoms with Crippen LogP contribution >= 0.6 is 0 Å². The van der Waals surface area contributed by atoms with Gasteiger partial charge in [-0.1, -0.05) is 12.1 Å². The molecule has 0 N–H and O–H groups in total. The second-order valence-corrected chi connectivity index (χ2v) is 6.42. The Kier molecular flexibility index (Phi) is 5.75. The number of hydrogen-bond donors (Lipinski definition) is 0. The van der Waals surface area contributed by atoms with E-state index in [0.29, 0.717) is 23.6 Å². The third-order valence-corrected chi connectivity index (χ3v) is 4.01. The summed E-state index contributed by atoms with van der Waals surface area (Å²) in [6.45, 7) is 6.01. The molecule has 6 nitrogen and oxygen atoms in total. The van der Waals surface area contributed by atoms with Crippen LogP contribution < -0.4 is 4.74 Å². The third kappa shape index (κ3) is 4.21. The number of rotatable bonds is 6. The average Bonchev–Trinajstić information content (AvgIpc) is 3.13. The molecule has 0 aliphatic rings. The molecule has 6 heteroatoms. The Labute approximate surface area is 164 Å². The molecule has 0 radical (unpaired) electrons. The monoisotopic (exact) mass is 375 g/mol. The fourth-order valence-corrected chi connectivity index (χ4v) is 2.79. The number of carbonyl (C=O) groups is 1. The molecule has 0 fully saturated rings. The predicted molar refractivity (Wildman–Crippen MR) is 105 cm³/mol. The van der Waals surface area contributed by atoms with Gasteiger partial charge in [0.2, 0.25) is 0 Å². The van der Waals surface area contributed by atoms with Crippen molar-refractivity contribution >= 4 is 5.97 Å². The van der Waals surface area contributed by atoms with Gasteiger partial charge in [-0.2, -0.15) is 5.26 Å². The Morgan fingerprint density at radius 2 is 1.96 bits per heavy atom. The van der Waals surface area contributed by atoms with Crippen molar-refractivity contribution in [2.45, 2.75) is 26.9 Å². The summed E-state index contributed by atoms with van der Waals surface area (Å²) in [5.41, 5.74) is 2.60. The minimum atomic E-state index is -0.403. The molecular weight excluding hydrogens is 354 g/mol. The van der Waals surface area contributed by atoms with Crippen molar-refractivity contribution in [1.29, 1.82) is 5.26 Å². The Morgan fingerprint density at radius 3 is 2.61 bits per heavy atom. The van der Waals surface area contributed by atoms with E-state index in [-0.39, 0.29) is 6.10 Å². The van der Waals surface area contributed by atoms with Crippen molar-refractivity contribution in [2.75, 3.05) is 6.61 Å². The molecule has 3 aromatic rings. The van der Waals surface area contributed by atoms with Crippen molar-refractivity contribution in [1.82, 2.24) is 9.55 Å². The third-order valence-electron chi connectivity index (χ3n) is 4.01. The first kappa shape index (κ1) is 19.2. The quantitative estimate of drug-likeness (QED) is 0.598. The van der Waals surface area contributed by atoms with E-state index in [1.807, 2.05) is 44.3 Å². The summed E-state index contributed by atoms with van der Waals surface area (Å²) < 4.78 is 12.4. The molecular formula is C22H21N3O3. The molecule has 142 valence electrons. The number of aromatic nitrogens is 2. The van der Waals surface area contributed by atoms with E-state index in [2.05, 4.69) is 11.1 Å². The Morgan fingerprint density at radius 1 is 1.21 bits per heavy atom. The van der Waals surface area contributed by atoms with Crippen LogP contribution in [0.3, 0.4) is 0 Å². The van der Waals surface area contributed by atoms with Gasteiger partial charge < -0.3 is 14.0 Å². The van der Waals surface area contributed by atoms with Gasteiger partial charge in [-0.05, 0) is 50.6 Å². The molecule has 0 unspecified atom stereocenters. The van der Waals surface area contributed by atoms with Crippen LogP contribution in [0.4, 0.5) is 0 Å². The Balaban J connectivity index is 1.94. The largest absolute Gasteiger partial charge is 0.491 e. The highest BCUT2D eigenvalue weighted by atomic mass is 16.5. The highest BCUT2D eigenvalue weighted by Gasteiger charge is 2.13. The minimum Gasteiger partial charge on any atom is -0.491 e. The van der Waals surface area contributed by atoms with Gasteiger partial charge in [0.25, 0.3) is 0 Å². The molecule has 28 heavy (non-hydrogen) atoms. The number of carbonyl (C=O) groups excluding carboxylic acids is 1. The van der Waals surface area contributed by atoms with Crippen LogP contribution in [-0.4, -0.2) is 28.2 Å². The SMILES string of the molecule is CCOC(=O)c1ccnc(-n2cc(C#N)c(-c3ccc(OC(C)C)cc3)c2)c1. The van der Waals surface area contributed by atoms with E-state index >= 15 is 0 Å². The van der Waals surface area contributed by atoms with E-state index < -0.39 is 5.97 Å². The van der Waals surface area contributed by atoms with Crippen LogP contribution in [0.5, 0.6) is 5.75 Å². The molecule has 3 rings (SSSR count). The summed E-state index contributed by atoms with van der Waals surface area (Å²) in [4.78, 5) is 16.3. The topological polar surface area (TPSA) is 77.1 Å². The average molecular weight is 375 g/mol. The number of esters is 1. The highest BCUT2D eigenvalue weighted by Crippen LogP contribution is 2.28. The molecule has 0 saturated carbocycles. The van der Waals surface area contributed by atoms with Crippen LogP contribution in [0.1, 0.15) is 36.7 Å². The number of nitriles is 1. The molecule has 0 aliphatic heterocycles. The van der Waals surface area contributed by atoms with Crippen molar-refractivity contribution < 1.29 is 14.3 Å². The fourth-order valence-electron chi connectivity index (χ4n) is 2.79. The maximum absolute atomic E-state index is 12.0. The van der Waals surface area contributed by atoms with Gasteiger partial charge in [0, 0.05) is 24.2 Å². The van der Waals surface area contributed by atoms with Crippen molar-refractivity contribution in [3.05, 3.63) is 66.1 Å². The molecule has 1 aromatic carbocycles. The molecule has 2 heterocycles. The summed E-state index contributed by atoms with van der Waals surface area (Å²) in [5, 5.41) is 9.54. The highest BCUT2D eigenvalue weighted by molar-refractivity contribution is 5.89. The fraction of sp³-hybridized carbons (Fsp3) is 0.227. The Hall–Kier alpha value is -3.59. The zero-order valence-electron chi connectivity index (χ0n) is 16.0. The number of ether oxygens (including phenoxy) is 2. The van der Waals surface area contributed by atoms with E-state index in [9.17, 15) is 10.1 Å². The number of hydrogen-bond acceptors (Lipinski definition) is 5. The number of pyridine rings is 1. The smallest absolute Gasteiger partial charge is 0.338 e. The van der Waals surface area contributed by atoms with E-state index in [1.165, 1.54) is 0 Å². The second-order valence-electron chi connectivity index (χ2n) is 6.42. The van der Waals surface area contributed by atoms with Gasteiger partial charge in [0.05, 0.1) is 23.8 Å². The lowest BCUT2D eigenvalue weighted by atomic mass is 10.1. The lowest BCUT2D eigenvalue weighted by Gasteiger charge is -2.09. The lowest BCUT2D eigenvalue weighted by Crippen LogP contribution is -2.06. The molecule has 2 aromatic heterocycles. The van der Waals surface area contributed by atoms with Crippen LogP contribution in [0.25, 0.3) is 16.9 Å². The minimum absolute atomic E-state index is 0.0966. The maximum Gasteiger partial charge on any atom is 0.338 e. The Bertz CT molecular complexity index is 1010. The van der Waals surface area contributed by atoms with Crippen LogP contribution in [0, 0.1) is 11.3 Å². The van der Waals surface area contributed by atoms with Crippen molar-refractivity contribution in [3.8, 4) is 28.8 Å². The van der Waals surface area contributed by atoms with Crippen LogP contribution in [-0.2, 0) is 4.74 Å². The zero-order chi connectivity index (χ0) is 20.1. The van der Waals surface area contributed by atoms with Crippen molar-refractivity contribution in [2.24, 2.45) is 0 Å². The molecule has 0 saturated heterocycles. The molecule has 0 bridgehead atoms. The summed E-state index contributed by atoms with van der Waals surface area (Å²) in [6.07, 6.45) is 5.17. The molecule has 0 aliphatic carbocycles. The summed E-state index contributed by atoms with van der Waals surface area (Å²) in [6, 6.07) is 13.1. The van der Waals surface area contributed by atoms with Gasteiger partial charge in [-0.3, -0.25) is 0 Å². The summed E-state index contributed by atoms with van der Waals surface area (Å²) >= 11 is 0. The second kappa shape index (κ2) is 8.40. The van der Waals surface area contributed by atoms with E-state index in [0.717, 1.165) is 16.9 Å². The summed E-state index contributed by atoms with van der Waals surface area (Å²) in [7, 11) is 0. The first-order chi connectivity index (χ1) is 13.5. The van der Waals surface area contributed by atoms with E-state index in [4.69, 9.17) is 9.47 Å². The standard InChI is InChI=1S/C22H21N3O3/c1-4-27-22(26)17-9-10-24-21(11-17)25-13-18(12-23)20(14-25)16-5-7-19(8-6-16)28-15(2)3/h5-11,13-15H,4H2,1-3H3. The van der Waals surface area contributed by atoms with Gasteiger partial charge >= 0.3 is 5.97 Å². The van der Waals surface area contributed by atoms with E-state index in [1.54, 1.807) is 36.0 Å². The lowest BCUT2D eigenvalue weighted by molar-refractivity contribution is 0.0526.